The number of ketones is 3. The summed E-state index contributed by atoms with van der Waals surface area (Å²) in [5, 5.41) is 45.6. The molecule has 11 heteroatoms. The van der Waals surface area contributed by atoms with Crippen molar-refractivity contribution in [3.05, 3.63) is 39.7 Å². The topological polar surface area (TPSA) is 182 Å². The van der Waals surface area contributed by atoms with Crippen LogP contribution in [0.25, 0.3) is 5.76 Å². The first-order valence-corrected chi connectivity index (χ1v) is 13.1. The summed E-state index contributed by atoms with van der Waals surface area (Å²) in [6.45, 7) is 5.64. The lowest BCUT2D eigenvalue weighted by Gasteiger charge is -2.50. The van der Waals surface area contributed by atoms with Crippen LogP contribution in [0.2, 0.25) is 0 Å². The van der Waals surface area contributed by atoms with Crippen LogP contribution >= 0.6 is 0 Å². The van der Waals surface area contributed by atoms with Crippen molar-refractivity contribution in [2.75, 3.05) is 33.1 Å². The number of aromatic hydroxyl groups is 1. The molecule has 0 heterocycles. The van der Waals surface area contributed by atoms with E-state index >= 15 is 0 Å². The molecule has 4 atom stereocenters. The van der Waals surface area contributed by atoms with Gasteiger partial charge in [0.15, 0.2) is 17.2 Å². The fourth-order valence-electron chi connectivity index (χ4n) is 6.48. The first-order valence-electron chi connectivity index (χ1n) is 13.1. The molecule has 1 amide bonds. The van der Waals surface area contributed by atoms with Crippen molar-refractivity contribution in [1.82, 2.24) is 4.90 Å². The van der Waals surface area contributed by atoms with Crippen LogP contribution in [-0.4, -0.2) is 88.4 Å². The van der Waals surface area contributed by atoms with Crippen LogP contribution in [0.1, 0.15) is 55.1 Å². The highest BCUT2D eigenvalue weighted by Gasteiger charge is 2.64. The quantitative estimate of drug-likeness (QED) is 0.265. The molecule has 0 saturated heterocycles. The van der Waals surface area contributed by atoms with Crippen LogP contribution in [-0.2, 0) is 20.8 Å². The lowest BCUT2D eigenvalue weighted by atomic mass is 9.57. The zero-order valence-electron chi connectivity index (χ0n) is 23.8. The molecule has 216 valence electrons. The summed E-state index contributed by atoms with van der Waals surface area (Å²) in [7, 11) is 6.60. The molecule has 6 N–H and O–H groups in total. The monoisotopic (exact) mass is 555 g/mol. The Bertz CT molecular complexity index is 1410. The standard InChI is InChI=1S/C29H37N3O8/c1-28(2,3)11-17(33)14-10-16(31(4)5)13-8-12-9-15-21(32(6)7)24(36)20(27(30)39)26(38)29(15,40)25(37)18(12)23(35)19(13)22(14)34/h10,12,15,21,34-35,38,40H,8-9,11H2,1-7H3,(H2,30,39)/t12-,15-,21-,29-/m0/s1. The zero-order valence-corrected chi connectivity index (χ0v) is 23.8. The van der Waals surface area contributed by atoms with E-state index in [4.69, 9.17) is 5.73 Å². The van der Waals surface area contributed by atoms with E-state index in [1.165, 1.54) is 4.90 Å². The van der Waals surface area contributed by atoms with Crippen molar-refractivity contribution in [3.8, 4) is 5.75 Å². The zero-order chi connectivity index (χ0) is 30.2. The molecular formula is C29H37N3O8. The average molecular weight is 556 g/mol. The number of nitrogens with zero attached hydrogens (tertiary/aromatic N) is 2. The third kappa shape index (κ3) is 4.19. The van der Waals surface area contributed by atoms with Crippen molar-refractivity contribution >= 4 is 34.7 Å². The fraction of sp³-hybridized carbons (Fsp3) is 0.517. The summed E-state index contributed by atoms with van der Waals surface area (Å²) >= 11 is 0. The number of carbonyl (C=O) groups is 4. The Labute approximate surface area is 232 Å². The van der Waals surface area contributed by atoms with Crippen molar-refractivity contribution in [2.24, 2.45) is 23.0 Å². The fourth-order valence-corrected chi connectivity index (χ4v) is 6.48. The summed E-state index contributed by atoms with van der Waals surface area (Å²) in [6.07, 6.45) is 0.245. The number of aliphatic hydroxyl groups is 3. The molecule has 40 heavy (non-hydrogen) atoms. The molecule has 11 nitrogen and oxygen atoms in total. The van der Waals surface area contributed by atoms with Gasteiger partial charge in [-0.2, -0.15) is 0 Å². The van der Waals surface area contributed by atoms with Crippen molar-refractivity contribution < 1.29 is 39.6 Å². The number of nitrogens with two attached hydrogens (primary N) is 1. The van der Waals surface area contributed by atoms with Crippen LogP contribution < -0.4 is 10.6 Å². The third-order valence-corrected chi connectivity index (χ3v) is 8.17. The van der Waals surface area contributed by atoms with Gasteiger partial charge in [0.2, 0.25) is 5.78 Å². The van der Waals surface area contributed by atoms with Crippen LogP contribution in [0.4, 0.5) is 5.69 Å². The number of phenolic OH excluding ortho intramolecular Hbond substituents is 1. The summed E-state index contributed by atoms with van der Waals surface area (Å²) in [4.78, 5) is 55.8. The normalized spacial score (nSPS) is 26.5. The molecule has 0 bridgehead atoms. The molecule has 3 aliphatic carbocycles. The van der Waals surface area contributed by atoms with Gasteiger partial charge < -0.3 is 31.1 Å². The Morgan fingerprint density at radius 3 is 2.20 bits per heavy atom. The second-order valence-corrected chi connectivity index (χ2v) is 12.7. The van der Waals surface area contributed by atoms with E-state index in [1.807, 2.05) is 20.8 Å². The van der Waals surface area contributed by atoms with Gasteiger partial charge in [0.1, 0.15) is 22.8 Å². The van der Waals surface area contributed by atoms with Crippen molar-refractivity contribution in [2.45, 2.75) is 51.7 Å². The number of hydrogen-bond acceptors (Lipinski definition) is 10. The van der Waals surface area contributed by atoms with E-state index in [0.29, 0.717) is 11.3 Å². The molecular weight excluding hydrogens is 518 g/mol. The molecule has 4 rings (SSSR count). The van der Waals surface area contributed by atoms with Gasteiger partial charge in [-0.05, 0) is 49.9 Å². The molecule has 3 aliphatic rings. The predicted octanol–water partition coefficient (Wildman–Crippen LogP) is 1.65. The van der Waals surface area contributed by atoms with Crippen molar-refractivity contribution in [1.29, 1.82) is 0 Å². The molecule has 0 unspecified atom stereocenters. The van der Waals surface area contributed by atoms with Crippen LogP contribution in [0.15, 0.2) is 23.0 Å². The number of primary amides is 1. The largest absolute Gasteiger partial charge is 0.508 e. The number of phenols is 1. The van der Waals surface area contributed by atoms with E-state index in [2.05, 4.69) is 0 Å². The highest BCUT2D eigenvalue weighted by molar-refractivity contribution is 6.24. The molecule has 1 saturated carbocycles. The van der Waals surface area contributed by atoms with Gasteiger partial charge in [0, 0.05) is 37.7 Å². The van der Waals surface area contributed by atoms with Gasteiger partial charge in [-0.3, -0.25) is 24.1 Å². The molecule has 0 aromatic heterocycles. The van der Waals surface area contributed by atoms with Gasteiger partial charge in [0.05, 0.1) is 17.2 Å². The van der Waals surface area contributed by atoms with Gasteiger partial charge >= 0.3 is 0 Å². The van der Waals surface area contributed by atoms with E-state index < -0.39 is 63.8 Å². The Morgan fingerprint density at radius 1 is 1.10 bits per heavy atom. The molecule has 1 fully saturated rings. The SMILES string of the molecule is CN(C)c1cc(C(=O)CC(C)(C)C)c(O)c2c1C[C@H]1C[C@H]3[C@H](N(C)C)C(=O)C(C(N)=O)=C(O)[C@@]3(O)C(=O)C1=C2O. The number of benzene rings is 1. The van der Waals surface area contributed by atoms with Gasteiger partial charge in [-0.25, -0.2) is 0 Å². The second kappa shape index (κ2) is 9.45. The first kappa shape index (κ1) is 29.3. The summed E-state index contributed by atoms with van der Waals surface area (Å²) in [5.74, 6) is -7.65. The number of carbonyl (C=O) groups excluding carboxylic acids is 4. The molecule has 0 aliphatic heterocycles. The lowest BCUT2D eigenvalue weighted by Crippen LogP contribution is -2.65. The third-order valence-electron chi connectivity index (χ3n) is 8.17. The minimum atomic E-state index is -2.72. The number of aliphatic hydroxyl groups excluding tert-OH is 2. The molecule has 0 radical (unpaired) electrons. The van der Waals surface area contributed by atoms with E-state index in [0.717, 1.165) is 0 Å². The minimum Gasteiger partial charge on any atom is -0.508 e. The number of likely N-dealkylation sites (N-methyl/N-ethyl adjacent to an activating group) is 1. The van der Waals surface area contributed by atoms with Gasteiger partial charge in [0.25, 0.3) is 5.91 Å². The number of rotatable bonds is 5. The lowest BCUT2D eigenvalue weighted by molar-refractivity contribution is -0.153. The van der Waals surface area contributed by atoms with Crippen LogP contribution in [0.5, 0.6) is 5.75 Å². The van der Waals surface area contributed by atoms with E-state index in [1.54, 1.807) is 39.2 Å². The summed E-state index contributed by atoms with van der Waals surface area (Å²) < 4.78 is 0. The number of amides is 1. The molecule has 1 aromatic rings. The Morgan fingerprint density at radius 2 is 1.70 bits per heavy atom. The van der Waals surface area contributed by atoms with E-state index in [-0.39, 0.29) is 47.2 Å². The maximum atomic E-state index is 14.0. The number of Topliss-reactive ketones (excluding diaryl/α,β-unsaturated/α-hetero) is 3. The predicted molar refractivity (Wildman–Crippen MR) is 147 cm³/mol. The summed E-state index contributed by atoms with van der Waals surface area (Å²) in [5.41, 5.74) is 2.09. The number of fused-ring (bicyclic) bond motifs is 3. The average Bonchev–Trinajstić information content (AvgIpc) is 2.79. The molecule has 0 spiro atoms. The summed E-state index contributed by atoms with van der Waals surface area (Å²) in [6, 6.07) is 0.415. The van der Waals surface area contributed by atoms with Crippen LogP contribution in [0.3, 0.4) is 0 Å². The number of anilines is 1. The Kier molecular flexibility index (Phi) is 6.92. The smallest absolute Gasteiger partial charge is 0.255 e. The Balaban J connectivity index is 1.99. The minimum absolute atomic E-state index is 0.00982. The maximum absolute atomic E-state index is 14.0. The second-order valence-electron chi connectivity index (χ2n) is 12.7. The van der Waals surface area contributed by atoms with Gasteiger partial charge in [-0.15, -0.1) is 0 Å². The highest BCUT2D eigenvalue weighted by atomic mass is 16.3. The maximum Gasteiger partial charge on any atom is 0.255 e. The Hall–Kier alpha value is -3.70. The first-order chi connectivity index (χ1) is 18.3. The number of hydrogen-bond donors (Lipinski definition) is 5. The van der Waals surface area contributed by atoms with Crippen molar-refractivity contribution in [3.63, 3.8) is 0 Å². The molecule has 1 aromatic carbocycles. The van der Waals surface area contributed by atoms with Gasteiger partial charge in [-0.1, -0.05) is 20.8 Å². The van der Waals surface area contributed by atoms with Crippen LogP contribution in [0, 0.1) is 17.3 Å². The van der Waals surface area contributed by atoms with E-state index in [9.17, 15) is 39.6 Å². The highest BCUT2D eigenvalue weighted by Crippen LogP contribution is 2.54.